The molecule has 0 spiro atoms. The van der Waals surface area contributed by atoms with E-state index in [0.717, 1.165) is 31.8 Å². The van der Waals surface area contributed by atoms with Gasteiger partial charge in [0, 0.05) is 38.6 Å². The normalized spacial score (nSPS) is 16.6. The fraction of sp³-hybridized carbons (Fsp3) is 0.600. The van der Waals surface area contributed by atoms with Crippen LogP contribution in [0.5, 0.6) is 0 Å². The van der Waals surface area contributed by atoms with Crippen LogP contribution < -0.4 is 5.69 Å². The van der Waals surface area contributed by atoms with Crippen molar-refractivity contribution in [3.8, 4) is 0 Å². The molecule has 2 aromatic rings. The zero-order valence-corrected chi connectivity index (χ0v) is 15.7. The molecule has 0 saturated carbocycles. The van der Waals surface area contributed by atoms with Crippen molar-refractivity contribution in [2.75, 3.05) is 13.1 Å². The Labute approximate surface area is 150 Å². The van der Waals surface area contributed by atoms with Gasteiger partial charge in [-0.1, -0.05) is 44.2 Å². The van der Waals surface area contributed by atoms with Crippen molar-refractivity contribution in [3.05, 3.63) is 52.2 Å². The average Bonchev–Trinajstić information content (AvgIpc) is 2.91. The number of nitrogens with zero attached hydrogens (tertiary/aromatic N) is 4. The van der Waals surface area contributed by atoms with Gasteiger partial charge in [-0.15, -0.1) is 0 Å². The number of hydrogen-bond acceptors (Lipinski definition) is 3. The molecule has 1 fully saturated rings. The minimum atomic E-state index is 0.0203. The van der Waals surface area contributed by atoms with Crippen molar-refractivity contribution >= 4 is 0 Å². The van der Waals surface area contributed by atoms with Gasteiger partial charge in [-0.3, -0.25) is 4.57 Å². The summed E-state index contributed by atoms with van der Waals surface area (Å²) in [5.74, 6) is 0.889. The van der Waals surface area contributed by atoms with Crippen LogP contribution in [0.2, 0.25) is 0 Å². The van der Waals surface area contributed by atoms with E-state index in [4.69, 9.17) is 0 Å². The van der Waals surface area contributed by atoms with Crippen molar-refractivity contribution in [2.24, 2.45) is 7.05 Å². The van der Waals surface area contributed by atoms with E-state index in [2.05, 4.69) is 36.0 Å². The Morgan fingerprint density at radius 1 is 1.12 bits per heavy atom. The molecule has 0 N–H and O–H groups in total. The first-order valence-corrected chi connectivity index (χ1v) is 9.56. The fourth-order valence-corrected chi connectivity index (χ4v) is 4.11. The third-order valence-corrected chi connectivity index (χ3v) is 5.55. The topological polar surface area (TPSA) is 43.1 Å². The lowest BCUT2D eigenvalue weighted by atomic mass is 10.0. The second-order valence-corrected chi connectivity index (χ2v) is 7.09. The third kappa shape index (κ3) is 3.87. The molecule has 1 aliphatic rings. The molecular formula is C20H30N4O. The zero-order chi connectivity index (χ0) is 17.8. The lowest BCUT2D eigenvalue weighted by Gasteiger charge is -2.37. The monoisotopic (exact) mass is 342 g/mol. The van der Waals surface area contributed by atoms with E-state index in [9.17, 15) is 4.79 Å². The van der Waals surface area contributed by atoms with Gasteiger partial charge in [0.1, 0.15) is 5.82 Å². The maximum atomic E-state index is 12.7. The first-order chi connectivity index (χ1) is 12.1. The minimum absolute atomic E-state index is 0.0203. The van der Waals surface area contributed by atoms with Crippen LogP contribution in [0.15, 0.2) is 35.1 Å². The summed E-state index contributed by atoms with van der Waals surface area (Å²) in [6.07, 6.45) is 5.18. The fourth-order valence-electron chi connectivity index (χ4n) is 4.11. The van der Waals surface area contributed by atoms with Gasteiger partial charge in [-0.05, 0) is 31.2 Å². The SMILES string of the molecule is CCC(CC)N1CCC(n2c(Cc3ccccc3)nn(C)c2=O)CC1. The first kappa shape index (κ1) is 17.9. The molecule has 5 nitrogen and oxygen atoms in total. The highest BCUT2D eigenvalue weighted by Gasteiger charge is 2.27. The molecule has 0 aliphatic carbocycles. The number of piperidine rings is 1. The Morgan fingerprint density at radius 3 is 2.36 bits per heavy atom. The number of aryl methyl sites for hydroxylation is 1. The number of likely N-dealkylation sites (tertiary alicyclic amines) is 1. The molecular weight excluding hydrogens is 312 g/mol. The molecule has 0 atom stereocenters. The molecule has 25 heavy (non-hydrogen) atoms. The van der Waals surface area contributed by atoms with E-state index in [0.29, 0.717) is 12.5 Å². The van der Waals surface area contributed by atoms with Crippen molar-refractivity contribution < 1.29 is 0 Å². The molecule has 1 saturated heterocycles. The van der Waals surface area contributed by atoms with Gasteiger partial charge in [-0.25, -0.2) is 9.48 Å². The number of rotatable bonds is 6. The molecule has 5 heteroatoms. The standard InChI is InChI=1S/C20H30N4O/c1-4-17(5-2)23-13-11-18(12-14-23)24-19(21-22(3)20(24)25)15-16-9-7-6-8-10-16/h6-10,17-18H,4-5,11-15H2,1-3H3. The molecule has 1 aromatic carbocycles. The summed E-state index contributed by atoms with van der Waals surface area (Å²) < 4.78 is 3.45. The predicted molar refractivity (Wildman–Crippen MR) is 101 cm³/mol. The van der Waals surface area contributed by atoms with Gasteiger partial charge >= 0.3 is 5.69 Å². The quantitative estimate of drug-likeness (QED) is 0.810. The van der Waals surface area contributed by atoms with Crippen molar-refractivity contribution in [1.29, 1.82) is 0 Å². The van der Waals surface area contributed by atoms with Gasteiger partial charge in [0.25, 0.3) is 0 Å². The summed E-state index contributed by atoms with van der Waals surface area (Å²) in [7, 11) is 1.76. The van der Waals surface area contributed by atoms with Gasteiger partial charge in [0.2, 0.25) is 0 Å². The second kappa shape index (κ2) is 8.00. The van der Waals surface area contributed by atoms with E-state index >= 15 is 0 Å². The molecule has 136 valence electrons. The summed E-state index contributed by atoms with van der Waals surface area (Å²) in [5.41, 5.74) is 1.22. The Bertz CT molecular complexity index is 722. The Hall–Kier alpha value is -1.88. The van der Waals surface area contributed by atoms with Crippen LogP contribution in [-0.2, 0) is 13.5 Å². The van der Waals surface area contributed by atoms with E-state index in [1.165, 1.54) is 23.1 Å². The third-order valence-electron chi connectivity index (χ3n) is 5.55. The Balaban J connectivity index is 1.78. The van der Waals surface area contributed by atoms with Gasteiger partial charge in [0.15, 0.2) is 0 Å². The van der Waals surface area contributed by atoms with E-state index in [-0.39, 0.29) is 11.7 Å². The van der Waals surface area contributed by atoms with Gasteiger partial charge < -0.3 is 4.90 Å². The van der Waals surface area contributed by atoms with Crippen LogP contribution in [-0.4, -0.2) is 38.4 Å². The molecule has 0 unspecified atom stereocenters. The second-order valence-electron chi connectivity index (χ2n) is 7.09. The van der Waals surface area contributed by atoms with E-state index < -0.39 is 0 Å². The minimum Gasteiger partial charge on any atom is -0.300 e. The van der Waals surface area contributed by atoms with Crippen LogP contribution in [0.25, 0.3) is 0 Å². The number of hydrogen-bond donors (Lipinski definition) is 0. The van der Waals surface area contributed by atoms with Crippen molar-refractivity contribution in [1.82, 2.24) is 19.2 Å². The summed E-state index contributed by atoms with van der Waals surface area (Å²) in [6.45, 7) is 6.68. The number of aromatic nitrogens is 3. The predicted octanol–water partition coefficient (Wildman–Crippen LogP) is 3.00. The van der Waals surface area contributed by atoms with Crippen molar-refractivity contribution in [3.63, 3.8) is 0 Å². The lowest BCUT2D eigenvalue weighted by molar-refractivity contribution is 0.126. The molecule has 0 amide bonds. The molecule has 3 rings (SSSR count). The van der Waals surface area contributed by atoms with Gasteiger partial charge in [0.05, 0.1) is 0 Å². The summed E-state index contributed by atoms with van der Waals surface area (Å²) >= 11 is 0. The largest absolute Gasteiger partial charge is 0.345 e. The summed E-state index contributed by atoms with van der Waals surface area (Å²) in [5, 5.41) is 4.52. The van der Waals surface area contributed by atoms with Crippen LogP contribution in [0.3, 0.4) is 0 Å². The maximum absolute atomic E-state index is 12.7. The summed E-state index contributed by atoms with van der Waals surface area (Å²) in [4.78, 5) is 15.2. The first-order valence-electron chi connectivity index (χ1n) is 9.56. The van der Waals surface area contributed by atoms with Crippen LogP contribution in [0.1, 0.15) is 57.0 Å². The lowest BCUT2D eigenvalue weighted by Crippen LogP contribution is -2.43. The highest BCUT2D eigenvalue weighted by atomic mass is 16.2. The summed E-state index contributed by atoms with van der Waals surface area (Å²) in [6, 6.07) is 11.2. The van der Waals surface area contributed by atoms with Gasteiger partial charge in [-0.2, -0.15) is 5.10 Å². The highest BCUT2D eigenvalue weighted by molar-refractivity contribution is 5.19. The maximum Gasteiger partial charge on any atom is 0.345 e. The zero-order valence-electron chi connectivity index (χ0n) is 15.7. The molecule has 1 aliphatic heterocycles. The van der Waals surface area contributed by atoms with Crippen LogP contribution in [0.4, 0.5) is 0 Å². The average molecular weight is 342 g/mol. The van der Waals surface area contributed by atoms with E-state index in [1.54, 1.807) is 7.05 Å². The van der Waals surface area contributed by atoms with Crippen LogP contribution >= 0.6 is 0 Å². The molecule has 0 bridgehead atoms. The number of benzene rings is 1. The molecule has 1 aromatic heterocycles. The Kier molecular flexibility index (Phi) is 5.74. The van der Waals surface area contributed by atoms with Crippen LogP contribution in [0, 0.1) is 0 Å². The smallest absolute Gasteiger partial charge is 0.300 e. The molecule has 0 radical (unpaired) electrons. The Morgan fingerprint density at radius 2 is 1.76 bits per heavy atom. The molecule has 2 heterocycles. The van der Waals surface area contributed by atoms with E-state index in [1.807, 2.05) is 22.8 Å². The highest BCUT2D eigenvalue weighted by Crippen LogP contribution is 2.25. The van der Waals surface area contributed by atoms with Crippen molar-refractivity contribution in [2.45, 2.75) is 58.0 Å².